The maximum Gasteiger partial charge on any atom is 0.268 e. The molecule has 0 aliphatic rings. The minimum absolute atomic E-state index is 0.0223. The van der Waals surface area contributed by atoms with Crippen LogP contribution in [0.4, 0.5) is 11.4 Å². The van der Waals surface area contributed by atoms with Crippen molar-refractivity contribution in [1.29, 1.82) is 0 Å². The molecule has 0 unspecified atom stereocenters. The van der Waals surface area contributed by atoms with E-state index in [1.54, 1.807) is 49.4 Å². The number of nitrogens with zero attached hydrogens (tertiary/aromatic N) is 1. The fraction of sp³-hybridized carbons (Fsp3) is 0.269. The van der Waals surface area contributed by atoms with Gasteiger partial charge >= 0.3 is 0 Å². The van der Waals surface area contributed by atoms with Crippen LogP contribution in [-0.2, 0) is 14.8 Å². The maximum absolute atomic E-state index is 13.9. The van der Waals surface area contributed by atoms with Gasteiger partial charge in [0.25, 0.3) is 10.0 Å². The number of carbonyl (C=O) groups excluding carboxylic acids is 1. The van der Waals surface area contributed by atoms with E-state index in [4.69, 9.17) is 14.2 Å². The molecule has 0 aliphatic heterocycles. The Balaban J connectivity index is 2.07. The number of sulfonamides is 1. The molecule has 8 nitrogen and oxygen atoms in total. The second kappa shape index (κ2) is 10.7. The van der Waals surface area contributed by atoms with Crippen molar-refractivity contribution in [1.82, 2.24) is 0 Å². The third kappa shape index (κ3) is 5.86. The SMILES string of the molecule is COc1ccc(OC)c(NC(=O)CN(c2cc(C)cc(C)c2)S(=O)(=O)c2cc(C)ccc2OC)c1. The van der Waals surface area contributed by atoms with Crippen LogP contribution in [0.2, 0.25) is 0 Å². The molecule has 0 saturated heterocycles. The number of rotatable bonds is 9. The topological polar surface area (TPSA) is 94.2 Å². The van der Waals surface area contributed by atoms with Gasteiger partial charge in [0.15, 0.2) is 0 Å². The third-order valence-corrected chi connectivity index (χ3v) is 7.14. The first-order chi connectivity index (χ1) is 16.6. The summed E-state index contributed by atoms with van der Waals surface area (Å²) in [5.41, 5.74) is 3.22. The normalized spacial score (nSPS) is 11.0. The Labute approximate surface area is 206 Å². The van der Waals surface area contributed by atoms with Crippen molar-refractivity contribution in [3.63, 3.8) is 0 Å². The van der Waals surface area contributed by atoms with Crippen molar-refractivity contribution in [3.05, 3.63) is 71.3 Å². The Morgan fingerprint density at radius 1 is 0.800 bits per heavy atom. The molecule has 3 rings (SSSR count). The number of hydrogen-bond donors (Lipinski definition) is 1. The van der Waals surface area contributed by atoms with Crippen LogP contribution in [0.15, 0.2) is 59.5 Å². The quantitative estimate of drug-likeness (QED) is 0.468. The van der Waals surface area contributed by atoms with Crippen molar-refractivity contribution in [2.24, 2.45) is 0 Å². The number of amides is 1. The highest BCUT2D eigenvalue weighted by Gasteiger charge is 2.31. The summed E-state index contributed by atoms with van der Waals surface area (Å²) in [6.45, 7) is 5.07. The molecule has 9 heteroatoms. The Hall–Kier alpha value is -3.72. The number of hydrogen-bond acceptors (Lipinski definition) is 6. The zero-order valence-electron chi connectivity index (χ0n) is 20.7. The summed E-state index contributed by atoms with van der Waals surface area (Å²) in [5.74, 6) is 0.579. The number of nitrogens with one attached hydrogen (secondary N) is 1. The number of ether oxygens (including phenoxy) is 3. The highest BCUT2D eigenvalue weighted by atomic mass is 32.2. The molecule has 0 aromatic heterocycles. The summed E-state index contributed by atoms with van der Waals surface area (Å²) in [4.78, 5) is 13.2. The van der Waals surface area contributed by atoms with Crippen LogP contribution in [0, 0.1) is 20.8 Å². The molecule has 0 fully saturated rings. The molecular weight excluding hydrogens is 468 g/mol. The molecule has 35 heavy (non-hydrogen) atoms. The average Bonchev–Trinajstić information content (AvgIpc) is 2.81. The van der Waals surface area contributed by atoms with Crippen molar-refractivity contribution in [2.75, 3.05) is 37.5 Å². The lowest BCUT2D eigenvalue weighted by Gasteiger charge is -2.26. The molecule has 3 aromatic rings. The van der Waals surface area contributed by atoms with Gasteiger partial charge in [0, 0.05) is 6.07 Å². The van der Waals surface area contributed by atoms with Crippen LogP contribution in [0.1, 0.15) is 16.7 Å². The van der Waals surface area contributed by atoms with Gasteiger partial charge in [-0.3, -0.25) is 9.10 Å². The predicted octanol–water partition coefficient (Wildman–Crippen LogP) is 4.47. The summed E-state index contributed by atoms with van der Waals surface area (Å²) in [6, 6.07) is 15.3. The van der Waals surface area contributed by atoms with E-state index >= 15 is 0 Å². The highest BCUT2D eigenvalue weighted by molar-refractivity contribution is 7.93. The summed E-state index contributed by atoms with van der Waals surface area (Å²) in [7, 11) is 0.223. The van der Waals surface area contributed by atoms with Gasteiger partial charge in [0.2, 0.25) is 5.91 Å². The standard InChI is InChI=1S/C26H30N2O6S/c1-17-7-9-24(34-6)25(14-17)35(30,31)28(20-12-18(2)11-19(3)13-20)16-26(29)27-22-15-21(32-4)8-10-23(22)33-5/h7-15H,16H2,1-6H3,(H,27,29). The molecule has 0 bridgehead atoms. The van der Waals surface area contributed by atoms with Gasteiger partial charge in [-0.15, -0.1) is 0 Å². The van der Waals surface area contributed by atoms with E-state index in [1.165, 1.54) is 27.4 Å². The van der Waals surface area contributed by atoms with Crippen LogP contribution in [0.3, 0.4) is 0 Å². The van der Waals surface area contributed by atoms with E-state index in [2.05, 4.69) is 5.32 Å². The average molecular weight is 499 g/mol. The number of methoxy groups -OCH3 is 3. The van der Waals surface area contributed by atoms with Gasteiger partial charge in [0.1, 0.15) is 28.7 Å². The first-order valence-corrected chi connectivity index (χ1v) is 12.3. The molecule has 3 aromatic carbocycles. The fourth-order valence-corrected chi connectivity index (χ4v) is 5.39. The van der Waals surface area contributed by atoms with E-state index in [-0.39, 0.29) is 10.6 Å². The second-order valence-electron chi connectivity index (χ2n) is 8.13. The minimum Gasteiger partial charge on any atom is -0.497 e. The molecular formula is C26H30N2O6S. The van der Waals surface area contributed by atoms with Crippen LogP contribution in [0.5, 0.6) is 17.2 Å². The first kappa shape index (κ1) is 25.9. The summed E-state index contributed by atoms with van der Waals surface area (Å²) < 4.78 is 44.8. The Kier molecular flexibility index (Phi) is 7.91. The monoisotopic (exact) mass is 498 g/mol. The number of carbonyl (C=O) groups is 1. The van der Waals surface area contributed by atoms with Gasteiger partial charge in [-0.1, -0.05) is 12.1 Å². The summed E-state index contributed by atoms with van der Waals surface area (Å²) in [5, 5.41) is 2.75. The van der Waals surface area contributed by atoms with Gasteiger partial charge in [-0.25, -0.2) is 8.42 Å². The number of benzene rings is 3. The minimum atomic E-state index is -4.18. The lowest BCUT2D eigenvalue weighted by atomic mass is 10.1. The molecule has 1 amide bonds. The van der Waals surface area contributed by atoms with Gasteiger partial charge in [-0.05, 0) is 73.9 Å². The van der Waals surface area contributed by atoms with Crippen molar-refractivity contribution >= 4 is 27.3 Å². The number of anilines is 2. The molecule has 0 saturated carbocycles. The van der Waals surface area contributed by atoms with Gasteiger partial charge in [0.05, 0.1) is 32.7 Å². The van der Waals surface area contributed by atoms with Crippen LogP contribution in [-0.4, -0.2) is 42.2 Å². The summed E-state index contributed by atoms with van der Waals surface area (Å²) >= 11 is 0. The van der Waals surface area contributed by atoms with E-state index in [9.17, 15) is 13.2 Å². The maximum atomic E-state index is 13.9. The van der Waals surface area contributed by atoms with Gasteiger partial charge in [-0.2, -0.15) is 0 Å². The van der Waals surface area contributed by atoms with Crippen molar-refractivity contribution in [2.45, 2.75) is 25.7 Å². The van der Waals surface area contributed by atoms with Crippen molar-refractivity contribution in [3.8, 4) is 17.2 Å². The molecule has 0 spiro atoms. The van der Waals surface area contributed by atoms with Gasteiger partial charge < -0.3 is 19.5 Å². The number of aryl methyl sites for hydroxylation is 3. The van der Waals surface area contributed by atoms with E-state index < -0.39 is 22.5 Å². The first-order valence-electron chi connectivity index (χ1n) is 10.9. The van der Waals surface area contributed by atoms with Crippen LogP contribution < -0.4 is 23.8 Å². The molecule has 1 N–H and O–H groups in total. The summed E-state index contributed by atoms with van der Waals surface area (Å²) in [6.07, 6.45) is 0. The zero-order chi connectivity index (χ0) is 25.8. The molecule has 0 radical (unpaired) electrons. The Bertz CT molecular complexity index is 1320. The molecule has 186 valence electrons. The largest absolute Gasteiger partial charge is 0.497 e. The molecule has 0 aliphatic carbocycles. The lowest BCUT2D eigenvalue weighted by Crippen LogP contribution is -2.38. The lowest BCUT2D eigenvalue weighted by molar-refractivity contribution is -0.114. The smallest absolute Gasteiger partial charge is 0.268 e. The third-order valence-electron chi connectivity index (χ3n) is 5.35. The van der Waals surface area contributed by atoms with Crippen LogP contribution in [0.25, 0.3) is 0 Å². The molecule has 0 atom stereocenters. The van der Waals surface area contributed by atoms with E-state index in [1.807, 2.05) is 19.9 Å². The Morgan fingerprint density at radius 3 is 2.03 bits per heavy atom. The zero-order valence-corrected chi connectivity index (χ0v) is 21.5. The van der Waals surface area contributed by atoms with E-state index in [0.717, 1.165) is 21.0 Å². The molecule has 0 heterocycles. The van der Waals surface area contributed by atoms with E-state index in [0.29, 0.717) is 22.9 Å². The Morgan fingerprint density at radius 2 is 1.43 bits per heavy atom. The fourth-order valence-electron chi connectivity index (χ4n) is 3.75. The predicted molar refractivity (Wildman–Crippen MR) is 136 cm³/mol. The van der Waals surface area contributed by atoms with Crippen molar-refractivity contribution < 1.29 is 27.4 Å². The van der Waals surface area contributed by atoms with Crippen LogP contribution >= 0.6 is 0 Å². The second-order valence-corrected chi connectivity index (χ2v) is 9.96. The highest BCUT2D eigenvalue weighted by Crippen LogP contribution is 2.33.